The van der Waals surface area contributed by atoms with Crippen LogP contribution in [0, 0.1) is 13.8 Å². The lowest BCUT2D eigenvalue weighted by Gasteiger charge is -2.08. The summed E-state index contributed by atoms with van der Waals surface area (Å²) >= 11 is 3.24. The molecule has 0 spiro atoms. The fourth-order valence-electron chi connectivity index (χ4n) is 1.98. The van der Waals surface area contributed by atoms with Crippen molar-refractivity contribution in [3.63, 3.8) is 0 Å². The molecule has 1 aromatic carbocycles. The van der Waals surface area contributed by atoms with E-state index in [0.29, 0.717) is 29.0 Å². The average Bonchev–Trinajstić information content (AvgIpc) is 2.40. The summed E-state index contributed by atoms with van der Waals surface area (Å²) in [6.45, 7) is 4.47. The lowest BCUT2D eigenvalue weighted by Crippen LogP contribution is -2.16. The van der Waals surface area contributed by atoms with Crippen LogP contribution in [0.3, 0.4) is 0 Å². The first-order chi connectivity index (χ1) is 9.51. The molecule has 2 rings (SSSR count). The molecule has 5 heteroatoms. The summed E-state index contributed by atoms with van der Waals surface area (Å²) in [6.07, 6.45) is 0.598. The Morgan fingerprint density at radius 2 is 2.05 bits per heavy atom. The van der Waals surface area contributed by atoms with Gasteiger partial charge in [-0.2, -0.15) is 0 Å². The highest BCUT2D eigenvalue weighted by Gasteiger charge is 2.09. The molecule has 1 heterocycles. The van der Waals surface area contributed by atoms with Gasteiger partial charge >= 0.3 is 0 Å². The summed E-state index contributed by atoms with van der Waals surface area (Å²) in [6, 6.07) is 6.26. The van der Waals surface area contributed by atoms with E-state index in [9.17, 15) is 4.79 Å². The molecule has 0 unspecified atom stereocenters. The van der Waals surface area contributed by atoms with E-state index in [-0.39, 0.29) is 5.56 Å². The summed E-state index contributed by atoms with van der Waals surface area (Å²) < 4.78 is 5.49. The number of aryl methyl sites for hydroxylation is 2. The highest BCUT2D eigenvalue weighted by Crippen LogP contribution is 2.14. The Morgan fingerprint density at radius 3 is 2.70 bits per heavy atom. The first-order valence-electron chi connectivity index (χ1n) is 6.34. The zero-order valence-corrected chi connectivity index (χ0v) is 13.4. The molecule has 2 aromatic rings. The number of benzene rings is 1. The van der Waals surface area contributed by atoms with E-state index in [4.69, 9.17) is 4.74 Å². The van der Waals surface area contributed by atoms with Crippen molar-refractivity contribution in [3.05, 3.63) is 61.2 Å². The Kier molecular flexibility index (Phi) is 4.73. The fraction of sp³-hybridized carbons (Fsp3) is 0.333. The Morgan fingerprint density at radius 1 is 1.30 bits per heavy atom. The summed E-state index contributed by atoms with van der Waals surface area (Å²) in [4.78, 5) is 19.1. The largest absolute Gasteiger partial charge is 0.378 e. The van der Waals surface area contributed by atoms with E-state index in [0.717, 1.165) is 5.56 Å². The van der Waals surface area contributed by atoms with Gasteiger partial charge in [-0.05, 0) is 46.5 Å². The number of aromatic amines is 1. The molecule has 0 atom stereocenters. The van der Waals surface area contributed by atoms with Crippen LogP contribution in [0.5, 0.6) is 0 Å². The molecule has 0 amide bonds. The van der Waals surface area contributed by atoms with Crippen LogP contribution in [0.4, 0.5) is 0 Å². The maximum Gasteiger partial charge on any atom is 0.265 e. The van der Waals surface area contributed by atoms with Gasteiger partial charge in [-0.1, -0.05) is 18.2 Å². The summed E-state index contributed by atoms with van der Waals surface area (Å²) in [5.41, 5.74) is 4.06. The number of methoxy groups -OCH3 is 1. The van der Waals surface area contributed by atoms with E-state index in [1.807, 2.05) is 0 Å². The molecule has 20 heavy (non-hydrogen) atoms. The molecule has 106 valence electrons. The standard InChI is InChI=1S/C15H17BrN2O2/c1-9-4-5-11(6-10(9)2)7-13-17-12(8-20-3)14(16)15(19)18-13/h4-6H,7-8H2,1-3H3,(H,17,18,19). The van der Waals surface area contributed by atoms with Crippen LogP contribution in [-0.4, -0.2) is 17.1 Å². The number of aromatic nitrogens is 2. The van der Waals surface area contributed by atoms with E-state index in [1.165, 1.54) is 11.1 Å². The second kappa shape index (κ2) is 6.33. The van der Waals surface area contributed by atoms with Crippen molar-refractivity contribution in [1.29, 1.82) is 0 Å². The van der Waals surface area contributed by atoms with Gasteiger partial charge < -0.3 is 9.72 Å². The van der Waals surface area contributed by atoms with Crippen LogP contribution in [0.1, 0.15) is 28.2 Å². The minimum absolute atomic E-state index is 0.175. The molecule has 0 saturated carbocycles. The second-order valence-corrected chi connectivity index (χ2v) is 5.59. The minimum Gasteiger partial charge on any atom is -0.378 e. The number of hydrogen-bond acceptors (Lipinski definition) is 3. The number of halogens is 1. The molecule has 4 nitrogen and oxygen atoms in total. The minimum atomic E-state index is -0.175. The SMILES string of the molecule is COCc1nc(Cc2ccc(C)c(C)c2)[nH]c(=O)c1Br. The van der Waals surface area contributed by atoms with Crippen LogP contribution in [-0.2, 0) is 17.8 Å². The van der Waals surface area contributed by atoms with Gasteiger partial charge in [-0.3, -0.25) is 4.79 Å². The highest BCUT2D eigenvalue weighted by molar-refractivity contribution is 9.10. The summed E-state index contributed by atoms with van der Waals surface area (Å²) in [5, 5.41) is 0. The van der Waals surface area contributed by atoms with Gasteiger partial charge in [0.05, 0.1) is 12.3 Å². The maximum absolute atomic E-state index is 11.8. The molecule has 1 aromatic heterocycles. The molecule has 0 radical (unpaired) electrons. The molecular weight excluding hydrogens is 320 g/mol. The average molecular weight is 337 g/mol. The van der Waals surface area contributed by atoms with Gasteiger partial charge in [0, 0.05) is 13.5 Å². The molecular formula is C15H17BrN2O2. The Balaban J connectivity index is 2.33. The van der Waals surface area contributed by atoms with Crippen molar-refractivity contribution in [2.75, 3.05) is 7.11 Å². The highest BCUT2D eigenvalue weighted by atomic mass is 79.9. The molecule has 0 saturated heterocycles. The topological polar surface area (TPSA) is 55.0 Å². The predicted octanol–water partition coefficient (Wildman–Crippen LogP) is 2.89. The second-order valence-electron chi connectivity index (χ2n) is 4.80. The zero-order chi connectivity index (χ0) is 14.7. The van der Waals surface area contributed by atoms with E-state index < -0.39 is 0 Å². The molecule has 0 aliphatic carbocycles. The number of H-pyrrole nitrogens is 1. The number of hydrogen-bond donors (Lipinski definition) is 1. The van der Waals surface area contributed by atoms with Crippen molar-refractivity contribution >= 4 is 15.9 Å². The van der Waals surface area contributed by atoms with Crippen LogP contribution in [0.15, 0.2) is 27.5 Å². The monoisotopic (exact) mass is 336 g/mol. The predicted molar refractivity (Wildman–Crippen MR) is 82.0 cm³/mol. The van der Waals surface area contributed by atoms with Crippen molar-refractivity contribution in [2.45, 2.75) is 26.9 Å². The molecule has 0 fully saturated rings. The van der Waals surface area contributed by atoms with Crippen molar-refractivity contribution < 1.29 is 4.74 Å². The Bertz CT molecular complexity index is 680. The molecule has 1 N–H and O–H groups in total. The Hall–Kier alpha value is -1.46. The van der Waals surface area contributed by atoms with Gasteiger partial charge in [-0.25, -0.2) is 4.98 Å². The first-order valence-corrected chi connectivity index (χ1v) is 7.13. The van der Waals surface area contributed by atoms with Crippen LogP contribution >= 0.6 is 15.9 Å². The van der Waals surface area contributed by atoms with Gasteiger partial charge in [0.1, 0.15) is 10.3 Å². The molecule has 0 bridgehead atoms. The van der Waals surface area contributed by atoms with Crippen LogP contribution in [0.25, 0.3) is 0 Å². The third kappa shape index (κ3) is 3.35. The maximum atomic E-state index is 11.8. The van der Waals surface area contributed by atoms with Crippen LogP contribution < -0.4 is 5.56 Å². The third-order valence-corrected chi connectivity index (χ3v) is 4.02. The van der Waals surface area contributed by atoms with Gasteiger partial charge in [0.25, 0.3) is 5.56 Å². The van der Waals surface area contributed by atoms with Crippen molar-refractivity contribution in [1.82, 2.24) is 9.97 Å². The van der Waals surface area contributed by atoms with Gasteiger partial charge in [-0.15, -0.1) is 0 Å². The lowest BCUT2D eigenvalue weighted by molar-refractivity contribution is 0.180. The molecule has 0 aliphatic rings. The van der Waals surface area contributed by atoms with Crippen molar-refractivity contribution in [2.24, 2.45) is 0 Å². The number of nitrogens with one attached hydrogen (secondary N) is 1. The third-order valence-electron chi connectivity index (χ3n) is 3.20. The molecule has 0 aliphatic heterocycles. The summed E-state index contributed by atoms with van der Waals surface area (Å²) in [7, 11) is 1.58. The first kappa shape index (κ1) is 14.9. The number of nitrogens with zero attached hydrogens (tertiary/aromatic N) is 1. The summed E-state index contributed by atoms with van der Waals surface area (Å²) in [5.74, 6) is 0.647. The lowest BCUT2D eigenvalue weighted by atomic mass is 10.0. The quantitative estimate of drug-likeness (QED) is 0.933. The smallest absolute Gasteiger partial charge is 0.265 e. The van der Waals surface area contributed by atoms with E-state index in [2.05, 4.69) is 57.9 Å². The van der Waals surface area contributed by atoms with Gasteiger partial charge in [0.2, 0.25) is 0 Å². The van der Waals surface area contributed by atoms with Gasteiger partial charge in [0.15, 0.2) is 0 Å². The van der Waals surface area contributed by atoms with Crippen molar-refractivity contribution in [3.8, 4) is 0 Å². The zero-order valence-electron chi connectivity index (χ0n) is 11.8. The van der Waals surface area contributed by atoms with E-state index in [1.54, 1.807) is 7.11 Å². The Labute approximate surface area is 126 Å². The number of rotatable bonds is 4. The normalized spacial score (nSPS) is 10.8. The van der Waals surface area contributed by atoms with E-state index >= 15 is 0 Å². The number of ether oxygens (including phenoxy) is 1. The van der Waals surface area contributed by atoms with Crippen LogP contribution in [0.2, 0.25) is 0 Å². The fourth-order valence-corrected chi connectivity index (χ4v) is 2.28.